The van der Waals surface area contributed by atoms with Crippen molar-refractivity contribution in [2.24, 2.45) is 0 Å². The van der Waals surface area contributed by atoms with Crippen molar-refractivity contribution in [3.63, 3.8) is 0 Å². The van der Waals surface area contributed by atoms with E-state index in [9.17, 15) is 4.79 Å². The van der Waals surface area contributed by atoms with E-state index in [0.29, 0.717) is 17.5 Å². The minimum Gasteiger partial charge on any atom is -0.478 e. The van der Waals surface area contributed by atoms with Gasteiger partial charge in [0.2, 0.25) is 0 Å². The molecule has 1 aromatic rings. The third-order valence-corrected chi connectivity index (χ3v) is 3.36. The van der Waals surface area contributed by atoms with Gasteiger partial charge in [0.25, 0.3) is 0 Å². The molecule has 4 heteroatoms. The normalized spacial score (nSPS) is 22.1. The molecule has 1 aliphatic heterocycles. The van der Waals surface area contributed by atoms with Gasteiger partial charge in [-0.15, -0.1) is 0 Å². The summed E-state index contributed by atoms with van der Waals surface area (Å²) in [6.45, 7) is 5.13. The van der Waals surface area contributed by atoms with Gasteiger partial charge >= 0.3 is 5.97 Å². The molecule has 4 nitrogen and oxygen atoms in total. The van der Waals surface area contributed by atoms with Crippen LogP contribution in [0.5, 0.6) is 0 Å². The zero-order chi connectivity index (χ0) is 12.3. The number of hydrogen-bond acceptors (Lipinski definition) is 3. The lowest BCUT2D eigenvalue weighted by Crippen LogP contribution is -2.50. The number of aromatic carboxylic acids is 1. The molecule has 1 heterocycles. The summed E-state index contributed by atoms with van der Waals surface area (Å²) in [7, 11) is 0. The van der Waals surface area contributed by atoms with Crippen LogP contribution in [-0.4, -0.2) is 36.8 Å². The summed E-state index contributed by atoms with van der Waals surface area (Å²) in [5.41, 5.74) is 1.52. The molecule has 92 valence electrons. The smallest absolute Gasteiger partial charge is 0.335 e. The Morgan fingerprint density at radius 1 is 1.35 bits per heavy atom. The minimum absolute atomic E-state index is 0.343. The Balaban J connectivity index is 2.07. The first-order valence-electron chi connectivity index (χ1n) is 5.96. The fourth-order valence-corrected chi connectivity index (χ4v) is 2.19. The molecule has 0 radical (unpaired) electrons. The van der Waals surface area contributed by atoms with E-state index < -0.39 is 5.97 Å². The fraction of sp³-hybridized carbons (Fsp3) is 0.462. The molecule has 1 saturated heterocycles. The molecule has 2 rings (SSSR count). The van der Waals surface area contributed by atoms with Gasteiger partial charge in [0.05, 0.1) is 5.56 Å². The van der Waals surface area contributed by atoms with E-state index in [0.717, 1.165) is 19.6 Å². The summed E-state index contributed by atoms with van der Waals surface area (Å²) >= 11 is 0. The van der Waals surface area contributed by atoms with Crippen molar-refractivity contribution in [2.75, 3.05) is 19.6 Å². The van der Waals surface area contributed by atoms with E-state index in [-0.39, 0.29) is 0 Å². The predicted octanol–water partition coefficient (Wildman–Crippen LogP) is 1.05. The van der Waals surface area contributed by atoms with Crippen molar-refractivity contribution in [1.29, 1.82) is 0 Å². The van der Waals surface area contributed by atoms with Crippen LogP contribution >= 0.6 is 0 Å². The summed E-state index contributed by atoms with van der Waals surface area (Å²) < 4.78 is 0. The van der Waals surface area contributed by atoms with E-state index in [1.165, 1.54) is 5.56 Å². The van der Waals surface area contributed by atoms with Crippen LogP contribution in [0, 0.1) is 0 Å². The number of carboxylic acid groups (broad SMARTS) is 1. The molecule has 2 atom stereocenters. The highest BCUT2D eigenvalue weighted by atomic mass is 16.4. The van der Waals surface area contributed by atoms with Gasteiger partial charge in [0, 0.05) is 25.7 Å². The maximum absolute atomic E-state index is 10.8. The van der Waals surface area contributed by atoms with E-state index in [1.807, 2.05) is 12.1 Å². The molecule has 0 amide bonds. The molecular weight excluding hydrogens is 216 g/mol. The Kier molecular flexibility index (Phi) is 3.76. The van der Waals surface area contributed by atoms with Crippen LogP contribution in [-0.2, 0) is 0 Å². The third-order valence-electron chi connectivity index (χ3n) is 3.36. The van der Waals surface area contributed by atoms with E-state index in [2.05, 4.69) is 17.6 Å². The molecule has 0 bridgehead atoms. The topological polar surface area (TPSA) is 61.4 Å². The standard InChI is InChI=1S/C13H18N2O2/c1-9(12-8-14-6-7-15-12)10-2-4-11(5-3-10)13(16)17/h2-5,9,12,14-15H,6-8H2,1H3,(H,16,17)/t9-,12?/m0/s1. The van der Waals surface area contributed by atoms with Crippen molar-refractivity contribution in [2.45, 2.75) is 18.9 Å². The zero-order valence-electron chi connectivity index (χ0n) is 9.94. The average molecular weight is 234 g/mol. The molecule has 0 spiro atoms. The SMILES string of the molecule is C[C@@H](c1ccc(C(=O)O)cc1)C1CNCCN1. The van der Waals surface area contributed by atoms with Crippen molar-refractivity contribution in [3.05, 3.63) is 35.4 Å². The fourth-order valence-electron chi connectivity index (χ4n) is 2.19. The van der Waals surface area contributed by atoms with Crippen molar-refractivity contribution >= 4 is 5.97 Å². The Morgan fingerprint density at radius 3 is 2.59 bits per heavy atom. The molecule has 0 saturated carbocycles. The second-order valence-electron chi connectivity index (χ2n) is 4.48. The molecule has 0 aromatic heterocycles. The van der Waals surface area contributed by atoms with E-state index in [4.69, 9.17) is 5.11 Å². The van der Waals surface area contributed by atoms with Crippen molar-refractivity contribution in [1.82, 2.24) is 10.6 Å². The number of hydrogen-bond donors (Lipinski definition) is 3. The van der Waals surface area contributed by atoms with Crippen LogP contribution in [0.1, 0.15) is 28.8 Å². The average Bonchev–Trinajstić information content (AvgIpc) is 2.39. The summed E-state index contributed by atoms with van der Waals surface area (Å²) in [5, 5.41) is 15.7. The molecule has 1 aromatic carbocycles. The van der Waals surface area contributed by atoms with E-state index in [1.54, 1.807) is 12.1 Å². The van der Waals surface area contributed by atoms with Gasteiger partial charge in [-0.1, -0.05) is 19.1 Å². The summed E-state index contributed by atoms with van der Waals surface area (Å²) in [4.78, 5) is 10.8. The highest BCUT2D eigenvalue weighted by Gasteiger charge is 2.20. The number of benzene rings is 1. The van der Waals surface area contributed by atoms with Crippen LogP contribution < -0.4 is 10.6 Å². The number of rotatable bonds is 3. The van der Waals surface area contributed by atoms with Crippen LogP contribution in [0.4, 0.5) is 0 Å². The van der Waals surface area contributed by atoms with Crippen LogP contribution in [0.25, 0.3) is 0 Å². The lowest BCUT2D eigenvalue weighted by molar-refractivity contribution is 0.0697. The lowest BCUT2D eigenvalue weighted by atomic mass is 9.92. The Morgan fingerprint density at radius 2 is 2.06 bits per heavy atom. The highest BCUT2D eigenvalue weighted by Crippen LogP contribution is 2.20. The Labute approximate surface area is 101 Å². The highest BCUT2D eigenvalue weighted by molar-refractivity contribution is 5.87. The maximum Gasteiger partial charge on any atom is 0.335 e. The second kappa shape index (κ2) is 5.29. The van der Waals surface area contributed by atoms with Gasteiger partial charge in [0.1, 0.15) is 0 Å². The summed E-state index contributed by atoms with van der Waals surface area (Å²) in [6, 6.07) is 7.57. The predicted molar refractivity (Wildman–Crippen MR) is 66.5 cm³/mol. The number of carbonyl (C=O) groups is 1. The molecule has 0 aliphatic carbocycles. The summed E-state index contributed by atoms with van der Waals surface area (Å²) in [6.07, 6.45) is 0. The second-order valence-corrected chi connectivity index (χ2v) is 4.48. The molecular formula is C13H18N2O2. The Bertz CT molecular complexity index is 383. The third kappa shape index (κ3) is 2.84. The molecule has 3 N–H and O–H groups in total. The van der Waals surface area contributed by atoms with E-state index >= 15 is 0 Å². The quantitative estimate of drug-likeness (QED) is 0.731. The van der Waals surface area contributed by atoms with Crippen molar-refractivity contribution in [3.8, 4) is 0 Å². The largest absolute Gasteiger partial charge is 0.478 e. The lowest BCUT2D eigenvalue weighted by Gasteiger charge is -2.30. The monoisotopic (exact) mass is 234 g/mol. The summed E-state index contributed by atoms with van der Waals surface area (Å²) in [5.74, 6) is -0.493. The van der Waals surface area contributed by atoms with Crippen LogP contribution in [0.15, 0.2) is 24.3 Å². The first-order chi connectivity index (χ1) is 8.18. The number of carboxylic acids is 1. The van der Waals surface area contributed by atoms with Gasteiger partial charge in [0.15, 0.2) is 0 Å². The minimum atomic E-state index is -0.873. The first kappa shape index (κ1) is 12.1. The van der Waals surface area contributed by atoms with Gasteiger partial charge < -0.3 is 15.7 Å². The molecule has 1 unspecified atom stereocenters. The van der Waals surface area contributed by atoms with Crippen molar-refractivity contribution < 1.29 is 9.90 Å². The first-order valence-corrected chi connectivity index (χ1v) is 5.96. The van der Waals surface area contributed by atoms with Gasteiger partial charge in [-0.05, 0) is 23.6 Å². The molecule has 17 heavy (non-hydrogen) atoms. The maximum atomic E-state index is 10.8. The van der Waals surface area contributed by atoms with Gasteiger partial charge in [-0.3, -0.25) is 0 Å². The van der Waals surface area contributed by atoms with Crippen LogP contribution in [0.3, 0.4) is 0 Å². The zero-order valence-corrected chi connectivity index (χ0v) is 9.94. The van der Waals surface area contributed by atoms with Gasteiger partial charge in [-0.2, -0.15) is 0 Å². The Hall–Kier alpha value is -1.39. The molecule has 1 aliphatic rings. The number of nitrogens with one attached hydrogen (secondary N) is 2. The molecule has 1 fully saturated rings. The van der Waals surface area contributed by atoms with Crippen LogP contribution in [0.2, 0.25) is 0 Å². The van der Waals surface area contributed by atoms with Gasteiger partial charge in [-0.25, -0.2) is 4.79 Å². The number of piperazine rings is 1.